The summed E-state index contributed by atoms with van der Waals surface area (Å²) in [7, 11) is 5.56. The summed E-state index contributed by atoms with van der Waals surface area (Å²) in [5.41, 5.74) is 2.10. The fourth-order valence-electron chi connectivity index (χ4n) is 2.43. The number of hydrogen-bond donors (Lipinski definition) is 0. The molecule has 1 aromatic carbocycles. The second kappa shape index (κ2) is 6.70. The van der Waals surface area contributed by atoms with Crippen molar-refractivity contribution in [2.45, 2.75) is 26.4 Å². The summed E-state index contributed by atoms with van der Waals surface area (Å²) in [6.45, 7) is 4.07. The van der Waals surface area contributed by atoms with Crippen LogP contribution in [0.15, 0.2) is 28.8 Å². The van der Waals surface area contributed by atoms with Gasteiger partial charge < -0.3 is 9.42 Å². The van der Waals surface area contributed by atoms with E-state index in [-0.39, 0.29) is 11.9 Å². The molecular weight excluding hydrogens is 280 g/mol. The lowest BCUT2D eigenvalue weighted by Crippen LogP contribution is -2.38. The molecule has 0 aliphatic carbocycles. The van der Waals surface area contributed by atoms with Gasteiger partial charge in [-0.2, -0.15) is 4.98 Å². The van der Waals surface area contributed by atoms with Gasteiger partial charge in [0.2, 0.25) is 11.8 Å². The van der Waals surface area contributed by atoms with Crippen LogP contribution in [0.3, 0.4) is 0 Å². The number of hydrogen-bond acceptors (Lipinski definition) is 5. The van der Waals surface area contributed by atoms with Crippen molar-refractivity contribution in [1.29, 1.82) is 0 Å². The number of aromatic nitrogens is 2. The highest BCUT2D eigenvalue weighted by Gasteiger charge is 2.27. The van der Waals surface area contributed by atoms with Gasteiger partial charge in [-0.1, -0.05) is 29.4 Å². The van der Waals surface area contributed by atoms with Gasteiger partial charge in [-0.25, -0.2) is 0 Å². The zero-order valence-corrected chi connectivity index (χ0v) is 13.7. The Kier molecular flexibility index (Phi) is 4.92. The Bertz CT molecular complexity index is 651. The van der Waals surface area contributed by atoms with Crippen LogP contribution in [0.1, 0.15) is 28.9 Å². The molecule has 6 nitrogen and oxygen atoms in total. The third-order valence-corrected chi connectivity index (χ3v) is 3.56. The molecule has 0 bridgehead atoms. The number of carbonyl (C=O) groups is 1. The standard InChI is InChI=1S/C16H22N4O2/c1-11-8-6-7-9-13(11)15(19(3)4)16(21)20(5)10-14-17-12(2)22-18-14/h6-9,15H,10H2,1-5H3/t15-/m1/s1. The summed E-state index contributed by atoms with van der Waals surface area (Å²) in [6.07, 6.45) is 0. The second-order valence-corrected chi connectivity index (χ2v) is 5.65. The highest BCUT2D eigenvalue weighted by atomic mass is 16.5. The first-order valence-electron chi connectivity index (χ1n) is 7.16. The molecule has 1 aromatic heterocycles. The van der Waals surface area contributed by atoms with E-state index >= 15 is 0 Å². The molecule has 2 rings (SSSR count). The van der Waals surface area contributed by atoms with Gasteiger partial charge in [0, 0.05) is 14.0 Å². The van der Waals surface area contributed by atoms with Gasteiger partial charge in [-0.05, 0) is 32.1 Å². The topological polar surface area (TPSA) is 62.5 Å². The van der Waals surface area contributed by atoms with Gasteiger partial charge in [0.1, 0.15) is 6.04 Å². The number of carbonyl (C=O) groups excluding carboxylic acids is 1. The fourth-order valence-corrected chi connectivity index (χ4v) is 2.43. The minimum atomic E-state index is -0.334. The summed E-state index contributed by atoms with van der Waals surface area (Å²) >= 11 is 0. The first kappa shape index (κ1) is 16.2. The van der Waals surface area contributed by atoms with Crippen LogP contribution in [0.25, 0.3) is 0 Å². The number of nitrogens with zero attached hydrogens (tertiary/aromatic N) is 4. The molecule has 0 N–H and O–H groups in total. The highest BCUT2D eigenvalue weighted by Crippen LogP contribution is 2.24. The van der Waals surface area contributed by atoms with Crippen molar-refractivity contribution >= 4 is 5.91 Å². The van der Waals surface area contributed by atoms with Crippen LogP contribution >= 0.6 is 0 Å². The average molecular weight is 302 g/mol. The molecular formula is C16H22N4O2. The first-order valence-corrected chi connectivity index (χ1v) is 7.16. The van der Waals surface area contributed by atoms with Crippen molar-refractivity contribution in [3.63, 3.8) is 0 Å². The fraction of sp³-hybridized carbons (Fsp3) is 0.438. The van der Waals surface area contributed by atoms with Crippen molar-refractivity contribution in [1.82, 2.24) is 19.9 Å². The summed E-state index contributed by atoms with van der Waals surface area (Å²) in [5.74, 6) is 1.01. The van der Waals surface area contributed by atoms with Crippen LogP contribution in [-0.2, 0) is 11.3 Å². The van der Waals surface area contributed by atoms with Crippen molar-refractivity contribution in [3.8, 4) is 0 Å². The van der Waals surface area contributed by atoms with Gasteiger partial charge in [-0.15, -0.1) is 0 Å². The summed E-state index contributed by atoms with van der Waals surface area (Å²) in [4.78, 5) is 20.5. The van der Waals surface area contributed by atoms with Crippen molar-refractivity contribution in [3.05, 3.63) is 47.1 Å². The van der Waals surface area contributed by atoms with Crippen LogP contribution in [0.5, 0.6) is 0 Å². The molecule has 1 atom stereocenters. The number of amides is 1. The Morgan fingerprint density at radius 2 is 1.91 bits per heavy atom. The van der Waals surface area contributed by atoms with E-state index in [9.17, 15) is 4.79 Å². The largest absolute Gasteiger partial charge is 0.340 e. The molecule has 6 heteroatoms. The van der Waals surface area contributed by atoms with Gasteiger partial charge in [0.25, 0.3) is 0 Å². The molecule has 0 aliphatic rings. The summed E-state index contributed by atoms with van der Waals surface area (Å²) in [5, 5.41) is 3.84. The summed E-state index contributed by atoms with van der Waals surface area (Å²) in [6, 6.07) is 7.60. The zero-order valence-electron chi connectivity index (χ0n) is 13.7. The average Bonchev–Trinajstić information content (AvgIpc) is 2.86. The Morgan fingerprint density at radius 1 is 1.23 bits per heavy atom. The van der Waals surface area contributed by atoms with Crippen LogP contribution in [0.4, 0.5) is 0 Å². The minimum Gasteiger partial charge on any atom is -0.340 e. The van der Waals surface area contributed by atoms with Crippen molar-refractivity contribution in [2.24, 2.45) is 0 Å². The van der Waals surface area contributed by atoms with Crippen LogP contribution in [0.2, 0.25) is 0 Å². The zero-order chi connectivity index (χ0) is 16.3. The van der Waals surface area contributed by atoms with Crippen LogP contribution in [0, 0.1) is 13.8 Å². The van der Waals surface area contributed by atoms with Crippen LogP contribution in [-0.4, -0.2) is 47.0 Å². The molecule has 22 heavy (non-hydrogen) atoms. The molecule has 0 aliphatic heterocycles. The first-order chi connectivity index (χ1) is 10.4. The van der Waals surface area contributed by atoms with Crippen LogP contribution < -0.4 is 0 Å². The molecule has 118 valence electrons. The molecule has 0 fully saturated rings. The van der Waals surface area contributed by atoms with Gasteiger partial charge >= 0.3 is 0 Å². The highest BCUT2D eigenvalue weighted by molar-refractivity contribution is 5.83. The molecule has 0 saturated heterocycles. The van der Waals surface area contributed by atoms with Gasteiger partial charge in [0.05, 0.1) is 6.54 Å². The lowest BCUT2D eigenvalue weighted by atomic mass is 9.99. The predicted molar refractivity (Wildman–Crippen MR) is 83.1 cm³/mol. The minimum absolute atomic E-state index is 0.00162. The Hall–Kier alpha value is -2.21. The quantitative estimate of drug-likeness (QED) is 0.844. The van der Waals surface area contributed by atoms with E-state index < -0.39 is 0 Å². The van der Waals surface area contributed by atoms with Crippen molar-refractivity contribution < 1.29 is 9.32 Å². The van der Waals surface area contributed by atoms with E-state index in [4.69, 9.17) is 4.52 Å². The maximum Gasteiger partial charge on any atom is 0.244 e. The van der Waals surface area contributed by atoms with Gasteiger partial charge in [0.15, 0.2) is 5.82 Å². The summed E-state index contributed by atoms with van der Waals surface area (Å²) < 4.78 is 4.95. The lowest BCUT2D eigenvalue weighted by Gasteiger charge is -2.29. The SMILES string of the molecule is Cc1nc(CN(C)C(=O)[C@@H](c2ccccc2C)N(C)C)no1. The third-order valence-electron chi connectivity index (χ3n) is 3.56. The molecule has 0 radical (unpaired) electrons. The second-order valence-electron chi connectivity index (χ2n) is 5.65. The van der Waals surface area contributed by atoms with Crippen molar-refractivity contribution in [2.75, 3.05) is 21.1 Å². The lowest BCUT2D eigenvalue weighted by molar-refractivity contribution is -0.135. The predicted octanol–water partition coefficient (Wildman–Crippen LogP) is 1.95. The smallest absolute Gasteiger partial charge is 0.244 e. The third kappa shape index (κ3) is 3.51. The van der Waals surface area contributed by atoms with E-state index in [0.29, 0.717) is 18.3 Å². The Labute approximate surface area is 130 Å². The molecule has 1 amide bonds. The molecule has 0 spiro atoms. The number of benzene rings is 1. The molecule has 0 saturated carbocycles. The number of aryl methyl sites for hydroxylation is 2. The van der Waals surface area contributed by atoms with E-state index in [0.717, 1.165) is 11.1 Å². The van der Waals surface area contributed by atoms with E-state index in [1.165, 1.54) is 0 Å². The number of likely N-dealkylation sites (N-methyl/N-ethyl adjacent to an activating group) is 2. The van der Waals surface area contributed by atoms with E-state index in [1.54, 1.807) is 18.9 Å². The monoisotopic (exact) mass is 302 g/mol. The molecule has 0 unspecified atom stereocenters. The maximum absolute atomic E-state index is 12.8. The van der Waals surface area contributed by atoms with Gasteiger partial charge in [-0.3, -0.25) is 9.69 Å². The molecule has 1 heterocycles. The molecule has 2 aromatic rings. The van der Waals surface area contributed by atoms with E-state index in [1.807, 2.05) is 50.2 Å². The Morgan fingerprint density at radius 3 is 2.45 bits per heavy atom. The number of rotatable bonds is 5. The normalized spacial score (nSPS) is 12.5. The Balaban J connectivity index is 2.21. The van der Waals surface area contributed by atoms with E-state index in [2.05, 4.69) is 10.1 Å². The maximum atomic E-state index is 12.8.